The van der Waals surface area contributed by atoms with Crippen LogP contribution in [0.2, 0.25) is 0 Å². The number of rotatable bonds is 4. The van der Waals surface area contributed by atoms with Crippen molar-refractivity contribution in [2.24, 2.45) is 0 Å². The molecule has 0 aliphatic carbocycles. The van der Waals surface area contributed by atoms with Crippen molar-refractivity contribution in [3.63, 3.8) is 0 Å². The van der Waals surface area contributed by atoms with Gasteiger partial charge in [-0.2, -0.15) is 0 Å². The van der Waals surface area contributed by atoms with Gasteiger partial charge in [-0.05, 0) is 42.5 Å². The van der Waals surface area contributed by atoms with Crippen LogP contribution in [-0.4, -0.2) is 54.8 Å². The average molecular weight is 433 g/mol. The van der Waals surface area contributed by atoms with E-state index in [1.54, 1.807) is 23.2 Å². The van der Waals surface area contributed by atoms with E-state index in [1.165, 1.54) is 6.33 Å². The van der Waals surface area contributed by atoms with Crippen LogP contribution in [0.3, 0.4) is 0 Å². The van der Waals surface area contributed by atoms with E-state index in [-0.39, 0.29) is 0 Å². The molecule has 5 aromatic rings. The summed E-state index contributed by atoms with van der Waals surface area (Å²) in [5, 5.41) is 32.1. The van der Waals surface area contributed by atoms with Gasteiger partial charge in [0.1, 0.15) is 41.7 Å². The number of aromatic nitrogens is 3. The first kappa shape index (κ1) is 19.2. The largest absolute Gasteiger partial charge is 0.464 e. The summed E-state index contributed by atoms with van der Waals surface area (Å²) in [6.07, 6.45) is 0.267. The number of aliphatic hydroxyl groups excluding tert-OH is 3. The van der Waals surface area contributed by atoms with E-state index in [2.05, 4.69) is 9.97 Å². The average Bonchev–Trinajstić information content (AvgIpc) is 3.61. The molecule has 0 bridgehead atoms. The molecule has 3 N–H and O–H groups in total. The monoisotopic (exact) mass is 433 g/mol. The number of hydrogen-bond acceptors (Lipinski definition) is 8. The summed E-state index contributed by atoms with van der Waals surface area (Å²) in [5.41, 5.74) is 2.68. The Kier molecular flexibility index (Phi) is 4.37. The fourth-order valence-corrected chi connectivity index (χ4v) is 4.41. The van der Waals surface area contributed by atoms with Crippen LogP contribution >= 0.6 is 0 Å². The normalized spacial score (nSPS) is 23.5. The zero-order valence-corrected chi connectivity index (χ0v) is 16.7. The summed E-state index contributed by atoms with van der Waals surface area (Å²) in [6, 6.07) is 13.0. The van der Waals surface area contributed by atoms with Crippen molar-refractivity contribution < 1.29 is 28.9 Å². The van der Waals surface area contributed by atoms with Crippen LogP contribution in [0.1, 0.15) is 6.23 Å². The Bertz CT molecular complexity index is 1390. The number of fused-ring (bicyclic) bond motifs is 3. The van der Waals surface area contributed by atoms with E-state index in [1.807, 2.05) is 36.4 Å². The third-order valence-electron chi connectivity index (χ3n) is 5.91. The summed E-state index contributed by atoms with van der Waals surface area (Å²) < 4.78 is 18.8. The van der Waals surface area contributed by atoms with Crippen molar-refractivity contribution in [2.45, 2.75) is 24.5 Å². The topological polar surface area (TPSA) is 127 Å². The molecule has 32 heavy (non-hydrogen) atoms. The highest BCUT2D eigenvalue weighted by Gasteiger charge is 2.44. The maximum absolute atomic E-state index is 10.7. The molecule has 0 saturated carbocycles. The van der Waals surface area contributed by atoms with Crippen LogP contribution < -0.4 is 0 Å². The van der Waals surface area contributed by atoms with Crippen LogP contribution in [-0.2, 0) is 4.74 Å². The van der Waals surface area contributed by atoms with Gasteiger partial charge in [-0.3, -0.25) is 4.57 Å². The summed E-state index contributed by atoms with van der Waals surface area (Å²) in [6.45, 7) is -0.416. The second-order valence-electron chi connectivity index (χ2n) is 7.71. The molecule has 162 valence electrons. The molecule has 1 saturated heterocycles. The predicted molar refractivity (Wildman–Crippen MR) is 113 cm³/mol. The fraction of sp³-hybridized carbons (Fsp3) is 0.217. The molecule has 4 aromatic heterocycles. The summed E-state index contributed by atoms with van der Waals surface area (Å²) in [4.78, 5) is 8.95. The summed E-state index contributed by atoms with van der Waals surface area (Å²) >= 11 is 0. The number of ether oxygens (including phenoxy) is 1. The molecule has 9 heteroatoms. The zero-order valence-electron chi connectivity index (χ0n) is 16.7. The zero-order chi connectivity index (χ0) is 21.8. The van der Waals surface area contributed by atoms with Gasteiger partial charge >= 0.3 is 0 Å². The van der Waals surface area contributed by atoms with Gasteiger partial charge in [0.05, 0.1) is 30.0 Å². The van der Waals surface area contributed by atoms with Gasteiger partial charge in [-0.15, -0.1) is 0 Å². The number of benzene rings is 1. The number of hydrogen-bond donors (Lipinski definition) is 3. The van der Waals surface area contributed by atoms with Crippen LogP contribution in [0, 0.1) is 0 Å². The minimum absolute atomic E-state index is 0.416. The van der Waals surface area contributed by atoms with Gasteiger partial charge in [0, 0.05) is 10.9 Å². The highest BCUT2D eigenvalue weighted by Crippen LogP contribution is 2.41. The van der Waals surface area contributed by atoms with E-state index in [4.69, 9.17) is 13.6 Å². The summed E-state index contributed by atoms with van der Waals surface area (Å²) in [7, 11) is 0. The second kappa shape index (κ2) is 7.28. The molecule has 0 spiro atoms. The van der Waals surface area contributed by atoms with E-state index in [9.17, 15) is 15.3 Å². The van der Waals surface area contributed by atoms with Crippen molar-refractivity contribution >= 4 is 21.9 Å². The van der Waals surface area contributed by atoms with Crippen molar-refractivity contribution in [3.8, 4) is 22.8 Å². The van der Waals surface area contributed by atoms with E-state index in [0.717, 1.165) is 16.5 Å². The lowest BCUT2D eigenvalue weighted by atomic mass is 10.1. The predicted octanol–water partition coefficient (Wildman–Crippen LogP) is 2.72. The van der Waals surface area contributed by atoms with Crippen molar-refractivity contribution in [1.82, 2.24) is 14.5 Å². The Morgan fingerprint density at radius 3 is 2.41 bits per heavy atom. The Labute approximate surface area is 181 Å². The van der Waals surface area contributed by atoms with Gasteiger partial charge in [-0.25, -0.2) is 9.97 Å². The molecule has 6 rings (SSSR count). The first-order valence-corrected chi connectivity index (χ1v) is 10.2. The van der Waals surface area contributed by atoms with Gasteiger partial charge in [0.15, 0.2) is 12.0 Å². The van der Waals surface area contributed by atoms with Gasteiger partial charge in [0.2, 0.25) is 0 Å². The highest BCUT2D eigenvalue weighted by molar-refractivity contribution is 6.13. The number of nitrogens with zero attached hydrogens (tertiary/aromatic N) is 3. The molecule has 1 aliphatic heterocycles. The Balaban J connectivity index is 1.67. The van der Waals surface area contributed by atoms with Crippen LogP contribution in [0.25, 0.3) is 44.7 Å². The van der Waals surface area contributed by atoms with E-state index < -0.39 is 31.1 Å². The third kappa shape index (κ3) is 2.73. The SMILES string of the molecule is OC[C@H]1O[C@@H](n2c3ccc(-c4ccco4)cc3c3c(-c4ccco4)ncnc32)[C@H](O)[C@@H]1O. The maximum Gasteiger partial charge on any atom is 0.165 e. The van der Waals surface area contributed by atoms with Crippen molar-refractivity contribution in [1.29, 1.82) is 0 Å². The van der Waals surface area contributed by atoms with Gasteiger partial charge in [-0.1, -0.05) is 0 Å². The molecule has 9 nitrogen and oxygen atoms in total. The lowest BCUT2D eigenvalue weighted by Gasteiger charge is -2.18. The standard InChI is InChI=1S/C23H19N3O6/c27-10-17-20(28)21(29)23(32-17)26-14-6-5-12(15-3-1-7-30-15)9-13(14)18-19(16-4-2-8-31-16)24-11-25-22(18)26/h1-9,11,17,20-21,23,27-29H,10H2/t17-,20-,21-,23-/m1/s1. The first-order valence-electron chi connectivity index (χ1n) is 10.2. The molecular formula is C23H19N3O6. The Hall–Kier alpha value is -3.50. The van der Waals surface area contributed by atoms with Gasteiger partial charge < -0.3 is 28.9 Å². The Morgan fingerprint density at radius 2 is 1.72 bits per heavy atom. The smallest absolute Gasteiger partial charge is 0.165 e. The number of furan rings is 2. The molecule has 0 radical (unpaired) electrons. The molecule has 1 aromatic carbocycles. The highest BCUT2D eigenvalue weighted by atomic mass is 16.6. The third-order valence-corrected chi connectivity index (χ3v) is 5.91. The quantitative estimate of drug-likeness (QED) is 0.395. The molecule has 4 atom stereocenters. The van der Waals surface area contributed by atoms with Crippen molar-refractivity contribution in [3.05, 3.63) is 61.3 Å². The maximum atomic E-state index is 10.7. The first-order chi connectivity index (χ1) is 15.7. The number of aliphatic hydroxyl groups is 3. The van der Waals surface area contributed by atoms with E-state index in [0.29, 0.717) is 28.2 Å². The lowest BCUT2D eigenvalue weighted by molar-refractivity contribution is -0.0489. The molecule has 5 heterocycles. The summed E-state index contributed by atoms with van der Waals surface area (Å²) in [5.74, 6) is 1.28. The Morgan fingerprint density at radius 1 is 0.938 bits per heavy atom. The second-order valence-corrected chi connectivity index (χ2v) is 7.71. The minimum Gasteiger partial charge on any atom is -0.464 e. The van der Waals surface area contributed by atoms with Gasteiger partial charge in [0.25, 0.3) is 0 Å². The molecule has 1 aliphatic rings. The van der Waals surface area contributed by atoms with Crippen LogP contribution in [0.5, 0.6) is 0 Å². The van der Waals surface area contributed by atoms with Crippen LogP contribution in [0.4, 0.5) is 0 Å². The lowest BCUT2D eigenvalue weighted by Crippen LogP contribution is -2.33. The molecular weight excluding hydrogens is 414 g/mol. The van der Waals surface area contributed by atoms with E-state index >= 15 is 0 Å². The minimum atomic E-state index is -1.25. The van der Waals surface area contributed by atoms with Crippen LogP contribution in [0.15, 0.2) is 70.2 Å². The molecule has 1 fully saturated rings. The molecule has 0 unspecified atom stereocenters. The molecule has 0 amide bonds. The van der Waals surface area contributed by atoms with Crippen molar-refractivity contribution in [2.75, 3.05) is 6.61 Å². The fourth-order valence-electron chi connectivity index (χ4n) is 4.41.